The van der Waals surface area contributed by atoms with Crippen molar-refractivity contribution in [1.29, 1.82) is 0 Å². The third kappa shape index (κ3) is 5.59. The lowest BCUT2D eigenvalue weighted by atomic mass is 10.2. The first-order valence-electron chi connectivity index (χ1n) is 11.2. The smallest absolute Gasteiger partial charge is 0.339 e. The van der Waals surface area contributed by atoms with Crippen molar-refractivity contribution in [1.82, 2.24) is 4.90 Å². The number of hydrogen-bond acceptors (Lipinski definition) is 7. The predicted molar refractivity (Wildman–Crippen MR) is 144 cm³/mol. The van der Waals surface area contributed by atoms with Gasteiger partial charge in [-0.2, -0.15) is 13.4 Å². The zero-order valence-electron chi connectivity index (χ0n) is 19.1. The molecule has 1 amide bonds. The second-order valence-electron chi connectivity index (χ2n) is 8.18. The molecular formula is C26H22ClN3O4S2. The molecule has 3 aromatic rings. The first-order chi connectivity index (χ1) is 17.4. The van der Waals surface area contributed by atoms with Crippen LogP contribution in [0.25, 0.3) is 6.08 Å². The first-order valence-corrected chi connectivity index (χ1v) is 13.9. The van der Waals surface area contributed by atoms with Crippen LogP contribution in [0.4, 0.5) is 5.69 Å². The number of carbonyl (C=O) groups is 1. The number of nitrogens with zero attached hydrogens (tertiary/aromatic N) is 3. The summed E-state index contributed by atoms with van der Waals surface area (Å²) in [5.74, 6) is -0.0796. The lowest BCUT2D eigenvalue weighted by Gasteiger charge is -2.36. The highest BCUT2D eigenvalue weighted by Gasteiger charge is 2.28. The third-order valence-corrected chi connectivity index (χ3v) is 8.32. The fourth-order valence-corrected chi connectivity index (χ4v) is 5.92. The van der Waals surface area contributed by atoms with Crippen LogP contribution in [0.5, 0.6) is 5.75 Å². The summed E-state index contributed by atoms with van der Waals surface area (Å²) in [6.45, 7) is 3.16. The highest BCUT2D eigenvalue weighted by Crippen LogP contribution is 2.31. The molecule has 0 bridgehead atoms. The summed E-state index contributed by atoms with van der Waals surface area (Å²) in [5, 5.41) is 1.42. The molecular weight excluding hydrogens is 518 g/mol. The minimum Gasteiger partial charge on any atom is -0.379 e. The fraction of sp³-hybridized carbons (Fsp3) is 0.154. The summed E-state index contributed by atoms with van der Waals surface area (Å²) >= 11 is 7.34. The summed E-state index contributed by atoms with van der Waals surface area (Å²) < 4.78 is 30.0. The van der Waals surface area contributed by atoms with Crippen LogP contribution in [0.15, 0.2) is 93.7 Å². The molecule has 2 aliphatic heterocycles. The Labute approximate surface area is 219 Å². The maximum atomic E-state index is 12.5. The van der Waals surface area contributed by atoms with E-state index in [4.69, 9.17) is 15.8 Å². The Balaban J connectivity index is 1.19. The number of hydrogen-bond donors (Lipinski definition) is 0. The van der Waals surface area contributed by atoms with E-state index in [1.54, 1.807) is 48.5 Å². The van der Waals surface area contributed by atoms with Gasteiger partial charge in [0.15, 0.2) is 5.17 Å². The molecule has 10 heteroatoms. The zero-order valence-corrected chi connectivity index (χ0v) is 21.5. The van der Waals surface area contributed by atoms with Crippen LogP contribution in [0.2, 0.25) is 5.02 Å². The summed E-state index contributed by atoms with van der Waals surface area (Å²) in [7, 11) is -3.91. The van der Waals surface area contributed by atoms with Crippen LogP contribution in [-0.2, 0) is 14.9 Å². The standard InChI is InChI=1S/C26H22ClN3O4S2/c27-20-8-10-21(11-9-20)29-14-16-30(17-15-29)26-28-25(31)24(35-26)18-19-6-12-22(13-7-19)34-36(32,33)23-4-2-1-3-5-23/h1-13,18H,14-17H2. The molecule has 0 unspecified atom stereocenters. The lowest BCUT2D eigenvalue weighted by molar-refractivity contribution is -0.113. The van der Waals surface area contributed by atoms with E-state index in [2.05, 4.69) is 14.8 Å². The molecule has 1 fully saturated rings. The molecule has 0 radical (unpaired) electrons. The average molecular weight is 540 g/mol. The van der Waals surface area contributed by atoms with E-state index >= 15 is 0 Å². The van der Waals surface area contributed by atoms with Crippen molar-refractivity contribution in [2.45, 2.75) is 4.90 Å². The molecule has 7 nitrogen and oxygen atoms in total. The number of halogens is 1. The number of piperazine rings is 1. The predicted octanol–water partition coefficient (Wildman–Crippen LogP) is 4.90. The van der Waals surface area contributed by atoms with E-state index < -0.39 is 10.1 Å². The largest absolute Gasteiger partial charge is 0.379 e. The Bertz CT molecular complexity index is 1420. The van der Waals surface area contributed by atoms with Crippen LogP contribution in [-0.4, -0.2) is 50.6 Å². The van der Waals surface area contributed by atoms with Crippen LogP contribution in [0, 0.1) is 0 Å². The normalized spacial score (nSPS) is 17.4. The van der Waals surface area contributed by atoms with Crippen molar-refractivity contribution in [2.75, 3.05) is 31.1 Å². The summed E-state index contributed by atoms with van der Waals surface area (Å²) in [5.41, 5.74) is 1.88. The summed E-state index contributed by atoms with van der Waals surface area (Å²) in [4.78, 5) is 21.8. The molecule has 3 aromatic carbocycles. The highest BCUT2D eigenvalue weighted by molar-refractivity contribution is 8.18. The van der Waals surface area contributed by atoms with E-state index in [1.165, 1.54) is 23.9 Å². The van der Waals surface area contributed by atoms with Gasteiger partial charge in [0.1, 0.15) is 10.6 Å². The SMILES string of the molecule is O=C1N=C(N2CCN(c3ccc(Cl)cc3)CC2)SC1=Cc1ccc(OS(=O)(=O)c2ccccc2)cc1. The molecule has 0 atom stereocenters. The van der Waals surface area contributed by atoms with Gasteiger partial charge in [0.05, 0.1) is 4.91 Å². The van der Waals surface area contributed by atoms with Crippen molar-refractivity contribution in [3.05, 3.63) is 94.4 Å². The van der Waals surface area contributed by atoms with Gasteiger partial charge in [0.2, 0.25) is 0 Å². The van der Waals surface area contributed by atoms with E-state index in [0.717, 1.165) is 37.4 Å². The van der Waals surface area contributed by atoms with Gasteiger partial charge >= 0.3 is 10.1 Å². The quantitative estimate of drug-likeness (QED) is 0.337. The third-order valence-electron chi connectivity index (χ3n) is 5.77. The van der Waals surface area contributed by atoms with E-state index in [1.807, 2.05) is 24.3 Å². The highest BCUT2D eigenvalue weighted by atomic mass is 35.5. The van der Waals surface area contributed by atoms with Gasteiger partial charge in [0.25, 0.3) is 5.91 Å². The maximum Gasteiger partial charge on any atom is 0.339 e. The van der Waals surface area contributed by atoms with Gasteiger partial charge in [0, 0.05) is 36.9 Å². The van der Waals surface area contributed by atoms with Crippen LogP contribution in [0.3, 0.4) is 0 Å². The number of amides is 1. The number of carbonyl (C=O) groups excluding carboxylic acids is 1. The molecule has 0 aromatic heterocycles. The summed E-state index contributed by atoms with van der Waals surface area (Å²) in [6, 6.07) is 22.3. The number of aliphatic imine (C=N–C) groups is 1. The van der Waals surface area contributed by atoms with Gasteiger partial charge in [-0.25, -0.2) is 0 Å². The molecule has 184 valence electrons. The lowest BCUT2D eigenvalue weighted by Crippen LogP contribution is -2.47. The van der Waals surface area contributed by atoms with E-state index in [9.17, 15) is 13.2 Å². The topological polar surface area (TPSA) is 79.3 Å². The Morgan fingerprint density at radius 1 is 0.861 bits per heavy atom. The molecule has 36 heavy (non-hydrogen) atoms. The molecule has 2 heterocycles. The minimum absolute atomic E-state index is 0.0859. The van der Waals surface area contributed by atoms with Gasteiger partial charge in [-0.3, -0.25) is 4.79 Å². The van der Waals surface area contributed by atoms with Crippen LogP contribution >= 0.6 is 23.4 Å². The zero-order chi connectivity index (χ0) is 25.1. The van der Waals surface area contributed by atoms with Gasteiger partial charge in [-0.05, 0) is 71.9 Å². The van der Waals surface area contributed by atoms with Crippen LogP contribution in [0.1, 0.15) is 5.56 Å². The second kappa shape index (κ2) is 10.4. The van der Waals surface area contributed by atoms with Crippen molar-refractivity contribution in [2.24, 2.45) is 4.99 Å². The molecule has 1 saturated heterocycles. The number of anilines is 1. The molecule has 0 spiro atoms. The average Bonchev–Trinajstić information content (AvgIpc) is 3.26. The number of amidine groups is 1. The van der Waals surface area contributed by atoms with E-state index in [0.29, 0.717) is 15.1 Å². The van der Waals surface area contributed by atoms with Gasteiger partial charge in [-0.1, -0.05) is 41.9 Å². The number of rotatable bonds is 5. The molecule has 0 saturated carbocycles. The summed E-state index contributed by atoms with van der Waals surface area (Å²) in [6.07, 6.45) is 1.75. The first kappa shape index (κ1) is 24.4. The molecule has 0 N–H and O–H groups in total. The Hall–Kier alpha value is -3.27. The van der Waals surface area contributed by atoms with E-state index in [-0.39, 0.29) is 16.6 Å². The fourth-order valence-electron chi connectivity index (χ4n) is 3.87. The van der Waals surface area contributed by atoms with Crippen molar-refractivity contribution in [3.8, 4) is 5.75 Å². The van der Waals surface area contributed by atoms with Crippen molar-refractivity contribution in [3.63, 3.8) is 0 Å². The molecule has 2 aliphatic rings. The minimum atomic E-state index is -3.91. The monoisotopic (exact) mass is 539 g/mol. The van der Waals surface area contributed by atoms with Crippen LogP contribution < -0.4 is 9.08 Å². The molecule has 0 aliphatic carbocycles. The van der Waals surface area contributed by atoms with Crippen molar-refractivity contribution >= 4 is 56.3 Å². The van der Waals surface area contributed by atoms with Crippen molar-refractivity contribution < 1.29 is 17.4 Å². The maximum absolute atomic E-state index is 12.5. The number of thioether (sulfide) groups is 1. The Morgan fingerprint density at radius 3 is 2.17 bits per heavy atom. The van der Waals surface area contributed by atoms with Gasteiger partial charge < -0.3 is 14.0 Å². The van der Waals surface area contributed by atoms with Gasteiger partial charge in [-0.15, -0.1) is 0 Å². The Kier molecular flexibility index (Phi) is 7.04. The second-order valence-corrected chi connectivity index (χ2v) is 11.2. The Morgan fingerprint density at radius 2 is 1.50 bits per heavy atom. The number of benzene rings is 3. The molecule has 5 rings (SSSR count).